The number of nitrogens with zero attached hydrogens (tertiary/aromatic N) is 5. The van der Waals surface area contributed by atoms with Gasteiger partial charge in [-0.25, -0.2) is 27.3 Å². The molecular formula is C21H24FN5O5S. The van der Waals surface area contributed by atoms with E-state index >= 15 is 0 Å². The lowest BCUT2D eigenvalue weighted by atomic mass is 10.2. The molecule has 0 spiro atoms. The fraction of sp³-hybridized carbons (Fsp3) is 0.429. The van der Waals surface area contributed by atoms with Crippen LogP contribution in [0.1, 0.15) is 27.2 Å². The van der Waals surface area contributed by atoms with Crippen LogP contribution < -0.4 is 4.74 Å². The maximum atomic E-state index is 14.7. The number of carbonyl (C=O) groups excluding carboxylic acids is 1. The topological polar surface area (TPSA) is 117 Å². The number of sulfone groups is 1. The highest BCUT2D eigenvalue weighted by atomic mass is 32.2. The zero-order valence-corrected chi connectivity index (χ0v) is 19.5. The average Bonchev–Trinajstić information content (AvgIpc) is 3.33. The maximum Gasteiger partial charge on any atom is 0.410 e. The number of halogens is 1. The van der Waals surface area contributed by atoms with E-state index in [4.69, 9.17) is 9.47 Å². The van der Waals surface area contributed by atoms with Gasteiger partial charge in [-0.1, -0.05) is 0 Å². The van der Waals surface area contributed by atoms with E-state index in [-0.39, 0.29) is 22.7 Å². The van der Waals surface area contributed by atoms with Crippen LogP contribution in [0.3, 0.4) is 0 Å². The molecule has 10 nitrogen and oxygen atoms in total. The second-order valence-corrected chi connectivity index (χ2v) is 10.8. The predicted molar refractivity (Wildman–Crippen MR) is 117 cm³/mol. The average molecular weight is 478 g/mol. The second kappa shape index (κ2) is 8.25. The Morgan fingerprint density at radius 1 is 1.24 bits per heavy atom. The summed E-state index contributed by atoms with van der Waals surface area (Å²) in [5.41, 5.74) is -0.246. The number of amides is 1. The zero-order chi connectivity index (χ0) is 24.0. The smallest absolute Gasteiger partial charge is 0.410 e. The minimum atomic E-state index is -3.55. The highest BCUT2D eigenvalue weighted by molar-refractivity contribution is 7.90. The number of carbonyl (C=O) groups is 1. The third kappa shape index (κ3) is 5.05. The summed E-state index contributed by atoms with van der Waals surface area (Å²) in [6, 6.07) is 3.65. The van der Waals surface area contributed by atoms with E-state index in [1.165, 1.54) is 29.2 Å². The summed E-state index contributed by atoms with van der Waals surface area (Å²) >= 11 is 0. The minimum absolute atomic E-state index is 0.0408. The predicted octanol–water partition coefficient (Wildman–Crippen LogP) is 2.75. The standard InChI is InChI=1S/C21H24FN5O5S/c1-21(2,3)32-20(28)26-8-7-14(12-26)31-19-23-10-13-11-24-27(18(13)25-19)17-6-5-15(9-16(17)22)33(4,29)30/h5-6,9-11,14H,7-8,12H2,1-4H3. The highest BCUT2D eigenvalue weighted by Gasteiger charge is 2.31. The molecule has 4 rings (SSSR count). The van der Waals surface area contributed by atoms with Crippen molar-refractivity contribution in [3.8, 4) is 11.7 Å². The first-order valence-electron chi connectivity index (χ1n) is 10.3. The summed E-state index contributed by atoms with van der Waals surface area (Å²) in [5.74, 6) is -0.757. The molecule has 1 aromatic carbocycles. The summed E-state index contributed by atoms with van der Waals surface area (Å²) in [6.45, 7) is 6.23. The molecule has 3 heterocycles. The van der Waals surface area contributed by atoms with Crippen molar-refractivity contribution in [2.24, 2.45) is 0 Å². The lowest BCUT2D eigenvalue weighted by Gasteiger charge is -2.24. The number of ether oxygens (including phenoxy) is 2. The monoisotopic (exact) mass is 477 g/mol. The van der Waals surface area contributed by atoms with Gasteiger partial charge in [0, 0.05) is 25.4 Å². The lowest BCUT2D eigenvalue weighted by Crippen LogP contribution is -2.36. The van der Waals surface area contributed by atoms with Crippen LogP contribution in [0.4, 0.5) is 9.18 Å². The molecule has 1 unspecified atom stereocenters. The molecule has 1 aliphatic heterocycles. The van der Waals surface area contributed by atoms with Crippen LogP contribution in [-0.2, 0) is 14.6 Å². The molecule has 1 fully saturated rings. The number of hydrogen-bond acceptors (Lipinski definition) is 8. The lowest BCUT2D eigenvalue weighted by molar-refractivity contribution is 0.0274. The van der Waals surface area contributed by atoms with Crippen LogP contribution in [0.15, 0.2) is 35.5 Å². The van der Waals surface area contributed by atoms with Crippen LogP contribution >= 0.6 is 0 Å². The Hall–Kier alpha value is -3.28. The van der Waals surface area contributed by atoms with Gasteiger partial charge in [0.1, 0.15) is 23.2 Å². The molecule has 1 amide bonds. The molecular weight excluding hydrogens is 453 g/mol. The Bertz CT molecular complexity index is 1320. The van der Waals surface area contributed by atoms with Crippen LogP contribution in [-0.4, -0.2) is 70.2 Å². The van der Waals surface area contributed by atoms with Crippen molar-refractivity contribution in [2.75, 3.05) is 19.3 Å². The summed E-state index contributed by atoms with van der Waals surface area (Å²) in [4.78, 5) is 22.2. The maximum absolute atomic E-state index is 14.7. The van der Waals surface area contributed by atoms with Gasteiger partial charge in [-0.2, -0.15) is 10.1 Å². The molecule has 0 radical (unpaired) electrons. The van der Waals surface area contributed by atoms with Crippen molar-refractivity contribution in [3.63, 3.8) is 0 Å². The molecule has 12 heteroatoms. The Morgan fingerprint density at radius 2 is 2.00 bits per heavy atom. The van der Waals surface area contributed by atoms with Gasteiger partial charge in [0.2, 0.25) is 0 Å². The SMILES string of the molecule is CC(C)(C)OC(=O)N1CCC(Oc2ncc3cnn(-c4ccc(S(C)(=O)=O)cc4F)c3n2)C1. The van der Waals surface area contributed by atoms with Crippen molar-refractivity contribution < 1.29 is 27.1 Å². The van der Waals surface area contributed by atoms with E-state index in [2.05, 4.69) is 15.1 Å². The molecule has 0 aliphatic carbocycles. The van der Waals surface area contributed by atoms with Crippen molar-refractivity contribution in [3.05, 3.63) is 36.4 Å². The second-order valence-electron chi connectivity index (χ2n) is 8.83. The van der Waals surface area contributed by atoms with Gasteiger partial charge < -0.3 is 14.4 Å². The first-order chi connectivity index (χ1) is 15.4. The van der Waals surface area contributed by atoms with E-state index in [9.17, 15) is 17.6 Å². The minimum Gasteiger partial charge on any atom is -0.458 e. The quantitative estimate of drug-likeness (QED) is 0.563. The Balaban J connectivity index is 1.54. The molecule has 0 saturated carbocycles. The van der Waals surface area contributed by atoms with Gasteiger partial charge in [0.05, 0.1) is 23.0 Å². The summed E-state index contributed by atoms with van der Waals surface area (Å²) < 4.78 is 50.6. The molecule has 1 atom stereocenters. The van der Waals surface area contributed by atoms with E-state index < -0.39 is 27.3 Å². The van der Waals surface area contributed by atoms with Crippen LogP contribution in [0.5, 0.6) is 6.01 Å². The number of fused-ring (bicyclic) bond motifs is 1. The molecule has 33 heavy (non-hydrogen) atoms. The van der Waals surface area contributed by atoms with Crippen LogP contribution in [0.25, 0.3) is 16.7 Å². The van der Waals surface area contributed by atoms with E-state index in [0.717, 1.165) is 12.3 Å². The number of benzene rings is 1. The number of likely N-dealkylation sites (tertiary alicyclic amines) is 1. The van der Waals surface area contributed by atoms with Gasteiger partial charge in [-0.05, 0) is 39.0 Å². The molecule has 3 aromatic rings. The molecule has 1 saturated heterocycles. The number of rotatable bonds is 4. The summed E-state index contributed by atoms with van der Waals surface area (Å²) in [5, 5.41) is 4.71. The van der Waals surface area contributed by atoms with Crippen molar-refractivity contribution >= 4 is 27.0 Å². The molecule has 0 N–H and O–H groups in total. The van der Waals surface area contributed by atoms with E-state index in [0.29, 0.717) is 30.5 Å². The molecule has 2 aromatic heterocycles. The third-order valence-electron chi connectivity index (χ3n) is 4.93. The summed E-state index contributed by atoms with van der Waals surface area (Å²) in [7, 11) is -3.55. The first kappa shape index (κ1) is 22.9. The largest absolute Gasteiger partial charge is 0.458 e. The normalized spacial score (nSPS) is 16.9. The Morgan fingerprint density at radius 3 is 2.67 bits per heavy atom. The van der Waals surface area contributed by atoms with E-state index in [1.807, 2.05) is 0 Å². The van der Waals surface area contributed by atoms with E-state index in [1.54, 1.807) is 25.7 Å². The Kier molecular flexibility index (Phi) is 5.72. The van der Waals surface area contributed by atoms with Gasteiger partial charge in [0.15, 0.2) is 15.5 Å². The Labute approximate surface area is 190 Å². The number of aromatic nitrogens is 4. The van der Waals surface area contributed by atoms with Gasteiger partial charge >= 0.3 is 12.1 Å². The van der Waals surface area contributed by atoms with Crippen molar-refractivity contribution in [2.45, 2.75) is 43.8 Å². The third-order valence-corrected chi connectivity index (χ3v) is 6.04. The van der Waals surface area contributed by atoms with Gasteiger partial charge in [-0.15, -0.1) is 0 Å². The van der Waals surface area contributed by atoms with Crippen molar-refractivity contribution in [1.29, 1.82) is 0 Å². The summed E-state index contributed by atoms with van der Waals surface area (Å²) in [6.07, 6.45) is 3.84. The fourth-order valence-electron chi connectivity index (χ4n) is 3.39. The highest BCUT2D eigenvalue weighted by Crippen LogP contribution is 2.24. The first-order valence-corrected chi connectivity index (χ1v) is 12.2. The fourth-order valence-corrected chi connectivity index (χ4v) is 4.02. The van der Waals surface area contributed by atoms with Gasteiger partial charge in [0.25, 0.3) is 0 Å². The van der Waals surface area contributed by atoms with Crippen LogP contribution in [0.2, 0.25) is 0 Å². The van der Waals surface area contributed by atoms with Crippen molar-refractivity contribution in [1.82, 2.24) is 24.6 Å². The molecule has 0 bridgehead atoms. The van der Waals surface area contributed by atoms with Crippen LogP contribution in [0, 0.1) is 5.82 Å². The number of hydrogen-bond donors (Lipinski definition) is 0. The molecule has 1 aliphatic rings. The molecule has 176 valence electrons. The zero-order valence-electron chi connectivity index (χ0n) is 18.6. The van der Waals surface area contributed by atoms with Gasteiger partial charge in [-0.3, -0.25) is 0 Å².